The third-order valence-corrected chi connectivity index (χ3v) is 4.21. The van der Waals surface area contributed by atoms with Crippen LogP contribution in [0.4, 0.5) is 4.79 Å². The van der Waals surface area contributed by atoms with Gasteiger partial charge in [-0.25, -0.2) is 4.79 Å². The lowest BCUT2D eigenvalue weighted by Gasteiger charge is -2.17. The molecule has 0 aliphatic heterocycles. The van der Waals surface area contributed by atoms with Gasteiger partial charge in [0.15, 0.2) is 0 Å². The van der Waals surface area contributed by atoms with Crippen molar-refractivity contribution in [2.45, 2.75) is 38.4 Å². The molecule has 2 atom stereocenters. The van der Waals surface area contributed by atoms with Gasteiger partial charge in [-0.15, -0.1) is 11.8 Å². The third kappa shape index (κ3) is 7.77. The lowest BCUT2D eigenvalue weighted by molar-refractivity contribution is -0.168. The highest BCUT2D eigenvalue weighted by atomic mass is 32.2. The second kappa shape index (κ2) is 10.7. The number of carboxylic acid groups (broad SMARTS) is 1. The molecule has 0 spiro atoms. The normalized spacial score (nSPS) is 13.0. The van der Waals surface area contributed by atoms with E-state index < -0.39 is 30.2 Å². The van der Waals surface area contributed by atoms with Crippen molar-refractivity contribution in [2.75, 3.05) is 12.8 Å². The number of thioether (sulfide) groups is 1. The van der Waals surface area contributed by atoms with Crippen LogP contribution in [0.2, 0.25) is 0 Å². The number of amides is 1. The highest BCUT2D eigenvalue weighted by Crippen LogP contribution is 2.18. The van der Waals surface area contributed by atoms with Gasteiger partial charge in [0.1, 0.15) is 0 Å². The molecule has 144 valence electrons. The Hall–Kier alpha value is -2.22. The Morgan fingerprint density at radius 3 is 2.46 bits per heavy atom. The quantitative estimate of drug-likeness (QED) is 0.384. The fourth-order valence-corrected chi connectivity index (χ4v) is 2.54. The maximum absolute atomic E-state index is 11.8. The van der Waals surface area contributed by atoms with Crippen molar-refractivity contribution in [3.05, 3.63) is 29.8 Å². The first kappa shape index (κ1) is 21.8. The summed E-state index contributed by atoms with van der Waals surface area (Å²) in [6.45, 7) is 4.65. The molecule has 0 aromatic heterocycles. The van der Waals surface area contributed by atoms with E-state index in [4.69, 9.17) is 9.47 Å². The summed E-state index contributed by atoms with van der Waals surface area (Å²) in [5, 5.41) is 11.8. The van der Waals surface area contributed by atoms with Crippen LogP contribution in [0.25, 0.3) is 0 Å². The third-order valence-electron chi connectivity index (χ3n) is 3.48. The van der Waals surface area contributed by atoms with Crippen molar-refractivity contribution in [1.29, 1.82) is 0 Å². The molecule has 1 amide bonds. The Morgan fingerprint density at radius 1 is 1.19 bits per heavy atom. The Kier molecular flexibility index (Phi) is 8.98. The van der Waals surface area contributed by atoms with E-state index in [1.165, 1.54) is 6.92 Å². The van der Waals surface area contributed by atoms with Crippen LogP contribution >= 0.6 is 11.8 Å². The molecule has 0 bridgehead atoms. The Bertz CT molecular complexity index is 634. The van der Waals surface area contributed by atoms with E-state index in [9.17, 15) is 19.5 Å². The predicted molar refractivity (Wildman–Crippen MR) is 97.9 cm³/mol. The van der Waals surface area contributed by atoms with Crippen molar-refractivity contribution < 1.29 is 29.0 Å². The topological polar surface area (TPSA) is 102 Å². The summed E-state index contributed by atoms with van der Waals surface area (Å²) in [6, 6.07) is 7.58. The van der Waals surface area contributed by atoms with Crippen LogP contribution in [-0.2, 0) is 25.5 Å². The van der Waals surface area contributed by atoms with Crippen LogP contribution in [0, 0.1) is 11.8 Å². The molecule has 0 aliphatic rings. The summed E-state index contributed by atoms with van der Waals surface area (Å²) in [4.78, 5) is 35.7. The number of carbonyl (C=O) groups excluding carboxylic acids is 2. The molecule has 0 heterocycles. The molecule has 26 heavy (non-hydrogen) atoms. The monoisotopic (exact) mass is 383 g/mol. The van der Waals surface area contributed by atoms with Crippen LogP contribution in [-0.4, -0.2) is 42.2 Å². The number of aliphatic carboxylic acids is 1. The van der Waals surface area contributed by atoms with Crippen molar-refractivity contribution >= 4 is 29.8 Å². The van der Waals surface area contributed by atoms with E-state index in [2.05, 4.69) is 5.32 Å². The first-order chi connectivity index (χ1) is 12.2. The van der Waals surface area contributed by atoms with Gasteiger partial charge in [-0.05, 0) is 30.4 Å². The lowest BCUT2D eigenvalue weighted by Crippen LogP contribution is -2.36. The molecular weight excluding hydrogens is 358 g/mol. The standard InChI is InChI=1S/C18H25NO6S/c1-11(2)17(22)24-12(3)25-18(23)19-10-14(16(20)21)8-13-6-5-7-15(9-13)26-4/h5-7,9,11-12,14H,8,10H2,1-4H3,(H,19,23)(H,20,21)/t12-,14-/m0/s1. The fraction of sp³-hybridized carbons (Fsp3) is 0.500. The SMILES string of the molecule is CSc1cccc(C[C@@H](CNC(=O)O[C@@H](C)OC(=O)C(C)C)C(=O)O)c1. The number of ether oxygens (including phenoxy) is 2. The first-order valence-electron chi connectivity index (χ1n) is 8.23. The van der Waals surface area contributed by atoms with Gasteiger partial charge in [0.2, 0.25) is 6.29 Å². The Balaban J connectivity index is 2.53. The average Bonchev–Trinajstić information content (AvgIpc) is 2.58. The van der Waals surface area contributed by atoms with Crippen LogP contribution in [0.3, 0.4) is 0 Å². The average molecular weight is 383 g/mol. The zero-order chi connectivity index (χ0) is 19.7. The van der Waals surface area contributed by atoms with Gasteiger partial charge >= 0.3 is 18.0 Å². The summed E-state index contributed by atoms with van der Waals surface area (Å²) in [7, 11) is 0. The number of carbonyl (C=O) groups is 3. The van der Waals surface area contributed by atoms with Crippen LogP contribution in [0.15, 0.2) is 29.2 Å². The number of esters is 1. The fourth-order valence-electron chi connectivity index (χ4n) is 2.05. The molecule has 7 nitrogen and oxygen atoms in total. The molecular formula is C18H25NO6S. The van der Waals surface area contributed by atoms with Crippen molar-refractivity contribution in [3.63, 3.8) is 0 Å². The minimum Gasteiger partial charge on any atom is -0.481 e. The largest absolute Gasteiger partial charge is 0.481 e. The lowest BCUT2D eigenvalue weighted by atomic mass is 9.99. The van der Waals surface area contributed by atoms with Gasteiger partial charge in [0.25, 0.3) is 0 Å². The van der Waals surface area contributed by atoms with Gasteiger partial charge in [0, 0.05) is 18.4 Å². The minimum atomic E-state index is -1.05. The molecule has 0 unspecified atom stereocenters. The number of hydrogen-bond acceptors (Lipinski definition) is 6. The second-order valence-corrected chi connectivity index (χ2v) is 6.92. The summed E-state index contributed by atoms with van der Waals surface area (Å²) >= 11 is 1.57. The zero-order valence-corrected chi connectivity index (χ0v) is 16.2. The summed E-state index contributed by atoms with van der Waals surface area (Å²) in [6.07, 6.45) is 0.338. The molecule has 0 saturated heterocycles. The Morgan fingerprint density at radius 2 is 1.88 bits per heavy atom. The minimum absolute atomic E-state index is 0.0947. The van der Waals surface area contributed by atoms with E-state index in [1.807, 2.05) is 30.5 Å². The molecule has 0 saturated carbocycles. The first-order valence-corrected chi connectivity index (χ1v) is 9.46. The van der Waals surface area contributed by atoms with Gasteiger partial charge in [-0.1, -0.05) is 26.0 Å². The van der Waals surface area contributed by atoms with Gasteiger partial charge in [-0.3, -0.25) is 9.59 Å². The molecule has 0 radical (unpaired) electrons. The number of nitrogens with one attached hydrogen (secondary N) is 1. The summed E-state index contributed by atoms with van der Waals surface area (Å²) in [5.41, 5.74) is 0.874. The molecule has 0 aliphatic carbocycles. The highest BCUT2D eigenvalue weighted by molar-refractivity contribution is 7.98. The molecule has 1 aromatic rings. The van der Waals surface area contributed by atoms with Gasteiger partial charge in [-0.2, -0.15) is 0 Å². The van der Waals surface area contributed by atoms with E-state index in [1.54, 1.807) is 25.6 Å². The van der Waals surface area contributed by atoms with Crippen LogP contribution < -0.4 is 5.32 Å². The van der Waals surface area contributed by atoms with E-state index in [0.29, 0.717) is 0 Å². The molecule has 8 heteroatoms. The van der Waals surface area contributed by atoms with Crippen molar-refractivity contribution in [1.82, 2.24) is 5.32 Å². The maximum atomic E-state index is 11.8. The number of benzene rings is 1. The smallest absolute Gasteiger partial charge is 0.410 e. The molecule has 0 fully saturated rings. The zero-order valence-electron chi connectivity index (χ0n) is 15.4. The summed E-state index contributed by atoms with van der Waals surface area (Å²) in [5.74, 6) is -2.63. The molecule has 1 aromatic carbocycles. The summed E-state index contributed by atoms with van der Waals surface area (Å²) < 4.78 is 9.82. The highest BCUT2D eigenvalue weighted by Gasteiger charge is 2.21. The number of alkyl carbamates (subject to hydrolysis) is 1. The van der Waals surface area contributed by atoms with Crippen molar-refractivity contribution in [3.8, 4) is 0 Å². The van der Waals surface area contributed by atoms with Crippen molar-refractivity contribution in [2.24, 2.45) is 11.8 Å². The molecule has 1 rings (SSSR count). The number of rotatable bonds is 9. The second-order valence-electron chi connectivity index (χ2n) is 6.04. The van der Waals surface area contributed by atoms with Gasteiger partial charge in [0.05, 0.1) is 11.8 Å². The van der Waals surface area contributed by atoms with E-state index in [0.717, 1.165) is 10.5 Å². The van der Waals surface area contributed by atoms with E-state index in [-0.39, 0.29) is 18.9 Å². The maximum Gasteiger partial charge on any atom is 0.410 e. The van der Waals surface area contributed by atoms with Crippen LogP contribution in [0.5, 0.6) is 0 Å². The number of carboxylic acids is 1. The molecule has 2 N–H and O–H groups in total. The number of hydrogen-bond donors (Lipinski definition) is 2. The Labute approximate surface area is 157 Å². The predicted octanol–water partition coefficient (Wildman–Crippen LogP) is 2.92. The van der Waals surface area contributed by atoms with Gasteiger partial charge < -0.3 is 19.9 Å². The van der Waals surface area contributed by atoms with E-state index >= 15 is 0 Å². The van der Waals surface area contributed by atoms with Crippen LogP contribution in [0.1, 0.15) is 26.3 Å².